The summed E-state index contributed by atoms with van der Waals surface area (Å²) in [5.41, 5.74) is 0. The van der Waals surface area contributed by atoms with Crippen LogP contribution in [0.3, 0.4) is 0 Å². The van der Waals surface area contributed by atoms with Gasteiger partial charge in [-0.3, -0.25) is 0 Å². The number of rotatable bonds is 1. The first-order chi connectivity index (χ1) is 3.80. The summed E-state index contributed by atoms with van der Waals surface area (Å²) in [5, 5.41) is 8.26. The molecule has 0 aliphatic carbocycles. The van der Waals surface area contributed by atoms with Gasteiger partial charge in [0, 0.05) is 0 Å². The van der Waals surface area contributed by atoms with Crippen molar-refractivity contribution in [2.75, 3.05) is 0 Å². The van der Waals surface area contributed by atoms with E-state index >= 15 is 0 Å². The minimum absolute atomic E-state index is 0.0220. The fourth-order valence-electron chi connectivity index (χ4n) is 0.329. The summed E-state index contributed by atoms with van der Waals surface area (Å²) in [6.45, 7) is 0. The number of carbonyl (C=O) groups is 1. The molecular formula is C4H3NO2Se. The first kappa shape index (κ1) is 5.53. The molecule has 4 heteroatoms. The van der Waals surface area contributed by atoms with Crippen LogP contribution in [-0.2, 0) is 0 Å². The molecule has 42 valence electrons. The first-order valence-electron chi connectivity index (χ1n) is 1.93. The van der Waals surface area contributed by atoms with Crippen LogP contribution < -0.4 is 0 Å². The quantitative estimate of drug-likeness (QED) is 0.604. The van der Waals surface area contributed by atoms with Gasteiger partial charge in [0.05, 0.1) is 0 Å². The summed E-state index contributed by atoms with van der Waals surface area (Å²) in [7, 11) is 0. The molecule has 1 aromatic heterocycles. The predicted molar refractivity (Wildman–Crippen MR) is 28.1 cm³/mol. The Labute approximate surface area is 51.7 Å². The summed E-state index contributed by atoms with van der Waals surface area (Å²) in [4.78, 5) is 15.4. The fraction of sp³-hybridized carbons (Fsp3) is 0. The Morgan fingerprint density at radius 2 is 2.62 bits per heavy atom. The SMILES string of the molecule is O=C(O)c1ncc[se]1. The van der Waals surface area contributed by atoms with Crippen molar-refractivity contribution in [2.24, 2.45) is 0 Å². The van der Waals surface area contributed by atoms with Crippen LogP contribution in [0.15, 0.2) is 11.1 Å². The van der Waals surface area contributed by atoms with E-state index in [9.17, 15) is 4.79 Å². The minimum atomic E-state index is -0.894. The standard InChI is InChI=1S/C4H3NO2Se/c6-4(7)3-5-1-2-8-3/h1-2H,(H,6,7). The van der Waals surface area contributed by atoms with Crippen molar-refractivity contribution < 1.29 is 9.90 Å². The van der Waals surface area contributed by atoms with E-state index in [1.807, 2.05) is 0 Å². The van der Waals surface area contributed by atoms with Gasteiger partial charge in [0.25, 0.3) is 0 Å². The van der Waals surface area contributed by atoms with Crippen LogP contribution in [0.2, 0.25) is 0 Å². The van der Waals surface area contributed by atoms with E-state index in [1.165, 1.54) is 6.20 Å². The van der Waals surface area contributed by atoms with Crippen molar-refractivity contribution in [3.05, 3.63) is 15.7 Å². The van der Waals surface area contributed by atoms with Gasteiger partial charge >= 0.3 is 51.1 Å². The average molecular weight is 176 g/mol. The van der Waals surface area contributed by atoms with Crippen molar-refractivity contribution in [2.45, 2.75) is 0 Å². The van der Waals surface area contributed by atoms with Gasteiger partial charge in [-0.25, -0.2) is 0 Å². The Hall–Kier alpha value is -0.601. The van der Waals surface area contributed by atoms with Crippen LogP contribution >= 0.6 is 0 Å². The molecule has 1 heterocycles. The van der Waals surface area contributed by atoms with Gasteiger partial charge < -0.3 is 0 Å². The van der Waals surface area contributed by atoms with E-state index in [2.05, 4.69) is 4.98 Å². The van der Waals surface area contributed by atoms with Crippen LogP contribution in [0, 0.1) is 0 Å². The van der Waals surface area contributed by atoms with E-state index in [4.69, 9.17) is 5.11 Å². The van der Waals surface area contributed by atoms with E-state index in [0.717, 1.165) is 0 Å². The van der Waals surface area contributed by atoms with E-state index < -0.39 is 5.97 Å². The molecule has 0 spiro atoms. The Bertz CT molecular complexity index is 182. The number of carboxylic acid groups (broad SMARTS) is 1. The van der Waals surface area contributed by atoms with Gasteiger partial charge in [-0.05, 0) is 0 Å². The van der Waals surface area contributed by atoms with Crippen molar-refractivity contribution in [3.8, 4) is 0 Å². The van der Waals surface area contributed by atoms with Gasteiger partial charge in [-0.15, -0.1) is 0 Å². The second kappa shape index (κ2) is 2.11. The van der Waals surface area contributed by atoms with E-state index in [0.29, 0.717) is 0 Å². The molecule has 0 amide bonds. The number of hydrogen-bond acceptors (Lipinski definition) is 2. The van der Waals surface area contributed by atoms with Crippen LogP contribution in [0.1, 0.15) is 9.36 Å². The van der Waals surface area contributed by atoms with Crippen molar-refractivity contribution in [1.82, 2.24) is 4.98 Å². The molecule has 0 saturated carbocycles. The van der Waals surface area contributed by atoms with Crippen molar-refractivity contribution in [1.29, 1.82) is 0 Å². The number of carboxylic acids is 1. The number of hydrogen-bond donors (Lipinski definition) is 1. The number of nitrogens with zero attached hydrogens (tertiary/aromatic N) is 1. The molecule has 0 aliphatic heterocycles. The van der Waals surface area contributed by atoms with Gasteiger partial charge in [-0.1, -0.05) is 0 Å². The monoisotopic (exact) mass is 177 g/mol. The molecule has 0 atom stereocenters. The van der Waals surface area contributed by atoms with Crippen LogP contribution in [0.4, 0.5) is 0 Å². The zero-order valence-corrected chi connectivity index (χ0v) is 5.58. The molecule has 0 bridgehead atoms. The van der Waals surface area contributed by atoms with Crippen LogP contribution in [0.5, 0.6) is 0 Å². The molecule has 1 N–H and O–H groups in total. The Balaban J connectivity index is 2.93. The van der Waals surface area contributed by atoms with Crippen molar-refractivity contribution >= 4 is 20.5 Å². The zero-order valence-electron chi connectivity index (χ0n) is 3.87. The second-order valence-corrected chi connectivity index (χ2v) is 3.02. The molecule has 0 fully saturated rings. The predicted octanol–water partition coefficient (Wildman–Crippen LogP) is -0.163. The van der Waals surface area contributed by atoms with E-state index in [1.54, 1.807) is 4.94 Å². The third-order valence-electron chi connectivity index (χ3n) is 0.615. The molecule has 1 rings (SSSR count). The zero-order chi connectivity index (χ0) is 5.98. The maximum absolute atomic E-state index is 10.0. The first-order valence-corrected chi connectivity index (χ1v) is 3.78. The number of aromatic carboxylic acids is 1. The normalized spacial score (nSPS) is 9.00. The van der Waals surface area contributed by atoms with E-state index in [-0.39, 0.29) is 19.1 Å². The van der Waals surface area contributed by atoms with Crippen LogP contribution in [0.25, 0.3) is 0 Å². The molecule has 3 nitrogen and oxygen atoms in total. The summed E-state index contributed by atoms with van der Waals surface area (Å²) in [5.74, 6) is -0.894. The second-order valence-electron chi connectivity index (χ2n) is 1.14. The van der Waals surface area contributed by atoms with Crippen molar-refractivity contribution in [3.63, 3.8) is 0 Å². The molecule has 0 aromatic carbocycles. The van der Waals surface area contributed by atoms with Crippen LogP contribution in [-0.4, -0.2) is 30.6 Å². The summed E-state index contributed by atoms with van der Waals surface area (Å²) >= 11 is -0.0220. The molecule has 0 radical (unpaired) electrons. The third-order valence-corrected chi connectivity index (χ3v) is 2.21. The topological polar surface area (TPSA) is 50.2 Å². The summed E-state index contributed by atoms with van der Waals surface area (Å²) in [6.07, 6.45) is 1.53. The number of aromatic nitrogens is 1. The van der Waals surface area contributed by atoms with Gasteiger partial charge in [0.1, 0.15) is 0 Å². The Morgan fingerprint density at radius 3 is 2.88 bits per heavy atom. The molecule has 8 heavy (non-hydrogen) atoms. The fourth-order valence-corrected chi connectivity index (χ4v) is 1.32. The third kappa shape index (κ3) is 0.966. The average Bonchev–Trinajstić information content (AvgIpc) is 2.12. The van der Waals surface area contributed by atoms with Gasteiger partial charge in [0.15, 0.2) is 0 Å². The molecule has 0 aliphatic rings. The maximum atomic E-state index is 10.0. The van der Waals surface area contributed by atoms with Gasteiger partial charge in [-0.2, -0.15) is 0 Å². The Morgan fingerprint density at radius 1 is 1.88 bits per heavy atom. The molecule has 1 aromatic rings. The summed E-state index contributed by atoms with van der Waals surface area (Å²) < 4.78 is 0.289. The molecule has 0 saturated heterocycles. The molecule has 0 unspecified atom stereocenters. The Kier molecular flexibility index (Phi) is 1.46. The van der Waals surface area contributed by atoms with Gasteiger partial charge in [0.2, 0.25) is 0 Å². The molecular weight excluding hydrogens is 173 g/mol. The summed E-state index contributed by atoms with van der Waals surface area (Å²) in [6, 6.07) is 0.